The van der Waals surface area contributed by atoms with Gasteiger partial charge in [-0.05, 0) is 24.1 Å². The van der Waals surface area contributed by atoms with Crippen molar-refractivity contribution < 1.29 is 4.39 Å². The number of nitrogens with one attached hydrogen (secondary N) is 1. The highest BCUT2D eigenvalue weighted by Gasteiger charge is 2.03. The third-order valence-corrected chi connectivity index (χ3v) is 1.91. The molecule has 0 aliphatic heterocycles. The Morgan fingerprint density at radius 2 is 2.23 bits per heavy atom. The van der Waals surface area contributed by atoms with Crippen LogP contribution in [0.25, 0.3) is 0 Å². The third kappa shape index (κ3) is 2.54. The summed E-state index contributed by atoms with van der Waals surface area (Å²) in [5.74, 6) is -0.321. The van der Waals surface area contributed by atoms with Crippen molar-refractivity contribution in [3.05, 3.63) is 29.6 Å². The summed E-state index contributed by atoms with van der Waals surface area (Å²) in [6.45, 7) is 1.89. The molecule has 1 rings (SSSR count). The van der Waals surface area contributed by atoms with Crippen molar-refractivity contribution in [3.8, 4) is 0 Å². The fraction of sp³-hybridized carbons (Fsp3) is 0.300. The summed E-state index contributed by atoms with van der Waals surface area (Å²) >= 11 is 0. The van der Waals surface area contributed by atoms with Gasteiger partial charge in [0, 0.05) is 17.8 Å². The third-order valence-electron chi connectivity index (χ3n) is 1.91. The van der Waals surface area contributed by atoms with E-state index in [9.17, 15) is 4.39 Å². The second-order valence-corrected chi connectivity index (χ2v) is 2.98. The number of nitrogens with two attached hydrogens (primary N) is 1. The van der Waals surface area contributed by atoms with Crippen LogP contribution in [0.3, 0.4) is 0 Å². The molecule has 0 unspecified atom stereocenters. The Balaban J connectivity index is 2.83. The lowest BCUT2D eigenvalue weighted by atomic mass is 10.1. The first-order valence-electron chi connectivity index (χ1n) is 4.23. The summed E-state index contributed by atoms with van der Waals surface area (Å²) in [4.78, 5) is 0. The molecule has 1 aromatic rings. The molecule has 2 nitrogen and oxygen atoms in total. The molecule has 0 bridgehead atoms. The molecule has 0 atom stereocenters. The topological polar surface area (TPSA) is 49.9 Å². The van der Waals surface area contributed by atoms with Crippen molar-refractivity contribution in [1.82, 2.24) is 0 Å². The summed E-state index contributed by atoms with van der Waals surface area (Å²) in [5, 5.41) is 7.43. The van der Waals surface area contributed by atoms with Crippen LogP contribution in [0.2, 0.25) is 0 Å². The van der Waals surface area contributed by atoms with Crippen LogP contribution >= 0.6 is 0 Å². The predicted octanol–water partition coefficient (Wildman–Crippen LogP) is 2.38. The summed E-state index contributed by atoms with van der Waals surface area (Å²) < 4.78 is 13.2. The number of anilines is 1. The molecule has 3 N–H and O–H groups in total. The van der Waals surface area contributed by atoms with Crippen molar-refractivity contribution in [2.45, 2.75) is 19.8 Å². The number of benzene rings is 1. The molecule has 3 heteroatoms. The van der Waals surface area contributed by atoms with Crippen molar-refractivity contribution in [2.24, 2.45) is 0 Å². The van der Waals surface area contributed by atoms with E-state index in [2.05, 4.69) is 0 Å². The molecule has 0 fully saturated rings. The maximum absolute atomic E-state index is 13.2. The van der Waals surface area contributed by atoms with Crippen LogP contribution < -0.4 is 5.73 Å². The largest absolute Gasteiger partial charge is 0.399 e. The fourth-order valence-corrected chi connectivity index (χ4v) is 1.06. The van der Waals surface area contributed by atoms with Gasteiger partial charge < -0.3 is 11.1 Å². The monoisotopic (exact) mass is 180 g/mol. The zero-order valence-electron chi connectivity index (χ0n) is 7.60. The van der Waals surface area contributed by atoms with Crippen LogP contribution in [0.1, 0.15) is 18.9 Å². The number of halogens is 1. The molecular weight excluding hydrogens is 167 g/mol. The summed E-state index contributed by atoms with van der Waals surface area (Å²) in [6, 6.07) is 4.58. The first-order valence-corrected chi connectivity index (χ1v) is 4.23. The zero-order chi connectivity index (χ0) is 9.84. The lowest BCUT2D eigenvalue weighted by molar-refractivity contribution is 0.616. The van der Waals surface area contributed by atoms with Crippen LogP contribution in [-0.2, 0) is 6.42 Å². The van der Waals surface area contributed by atoms with E-state index in [1.165, 1.54) is 6.07 Å². The zero-order valence-corrected chi connectivity index (χ0v) is 7.60. The van der Waals surface area contributed by atoms with Crippen LogP contribution in [0.15, 0.2) is 18.2 Å². The van der Waals surface area contributed by atoms with E-state index in [-0.39, 0.29) is 5.82 Å². The second-order valence-electron chi connectivity index (χ2n) is 2.98. The van der Waals surface area contributed by atoms with Gasteiger partial charge in [-0.2, -0.15) is 0 Å². The highest BCUT2D eigenvalue weighted by atomic mass is 19.1. The predicted molar refractivity (Wildman–Crippen MR) is 52.5 cm³/mol. The van der Waals surface area contributed by atoms with Crippen molar-refractivity contribution in [3.63, 3.8) is 0 Å². The molecule has 0 radical (unpaired) electrons. The van der Waals surface area contributed by atoms with Crippen molar-refractivity contribution in [2.75, 3.05) is 5.73 Å². The Morgan fingerprint density at radius 1 is 1.54 bits per heavy atom. The SMILES string of the molecule is CCC(=N)Cc1ccc(N)cc1F. The molecule has 0 spiro atoms. The number of nitrogen functional groups attached to an aromatic ring is 1. The fourth-order valence-electron chi connectivity index (χ4n) is 1.06. The Kier molecular flexibility index (Phi) is 3.01. The maximum atomic E-state index is 13.2. The minimum atomic E-state index is -0.321. The van der Waals surface area contributed by atoms with Gasteiger partial charge in [0.05, 0.1) is 0 Å². The van der Waals surface area contributed by atoms with Gasteiger partial charge >= 0.3 is 0 Å². The molecule has 0 amide bonds. The van der Waals surface area contributed by atoms with E-state index in [1.54, 1.807) is 12.1 Å². The van der Waals surface area contributed by atoms with Gasteiger partial charge in [0.25, 0.3) is 0 Å². The summed E-state index contributed by atoms with van der Waals surface area (Å²) in [7, 11) is 0. The number of hydrogen-bond donors (Lipinski definition) is 2. The molecular formula is C10H13FN2. The first kappa shape index (κ1) is 9.71. The van der Waals surface area contributed by atoms with E-state index in [0.717, 1.165) is 0 Å². The smallest absolute Gasteiger partial charge is 0.128 e. The van der Waals surface area contributed by atoms with Gasteiger partial charge in [0.15, 0.2) is 0 Å². The standard InChI is InChI=1S/C10H13FN2/c1-2-8(12)5-7-3-4-9(13)6-10(7)11/h3-4,6,12H,2,5,13H2,1H3. The second kappa shape index (κ2) is 4.03. The van der Waals surface area contributed by atoms with Gasteiger partial charge in [-0.25, -0.2) is 4.39 Å². The quantitative estimate of drug-likeness (QED) is 0.544. The van der Waals surface area contributed by atoms with Gasteiger partial charge in [-0.15, -0.1) is 0 Å². The van der Waals surface area contributed by atoms with Crippen molar-refractivity contribution >= 4 is 11.4 Å². The Labute approximate surface area is 77.1 Å². The minimum Gasteiger partial charge on any atom is -0.399 e. The Hall–Kier alpha value is -1.38. The van der Waals surface area contributed by atoms with Crippen LogP contribution in [0, 0.1) is 11.2 Å². The summed E-state index contributed by atoms with van der Waals surface area (Å²) in [6.07, 6.45) is 1.03. The van der Waals surface area contributed by atoms with Crippen LogP contribution in [-0.4, -0.2) is 5.71 Å². The summed E-state index contributed by atoms with van der Waals surface area (Å²) in [5.41, 5.74) is 6.89. The lowest BCUT2D eigenvalue weighted by Crippen LogP contribution is -2.02. The highest BCUT2D eigenvalue weighted by molar-refractivity contribution is 5.83. The van der Waals surface area contributed by atoms with Gasteiger partial charge in [-0.1, -0.05) is 13.0 Å². The molecule has 0 aromatic heterocycles. The number of rotatable bonds is 3. The van der Waals surface area contributed by atoms with E-state index < -0.39 is 0 Å². The van der Waals surface area contributed by atoms with Gasteiger partial charge in [-0.3, -0.25) is 0 Å². The maximum Gasteiger partial charge on any atom is 0.128 e. The van der Waals surface area contributed by atoms with Crippen LogP contribution in [0.4, 0.5) is 10.1 Å². The Bertz CT molecular complexity index is 321. The molecule has 70 valence electrons. The average Bonchev–Trinajstić information content (AvgIpc) is 2.09. The van der Waals surface area contributed by atoms with Gasteiger partial charge in [0.1, 0.15) is 5.82 Å². The van der Waals surface area contributed by atoms with Crippen LogP contribution in [0.5, 0.6) is 0 Å². The number of hydrogen-bond acceptors (Lipinski definition) is 2. The molecule has 13 heavy (non-hydrogen) atoms. The molecule has 0 saturated carbocycles. The first-order chi connectivity index (χ1) is 6.13. The lowest BCUT2D eigenvalue weighted by Gasteiger charge is -2.03. The Morgan fingerprint density at radius 3 is 2.77 bits per heavy atom. The van der Waals surface area contributed by atoms with E-state index in [0.29, 0.717) is 29.8 Å². The van der Waals surface area contributed by atoms with E-state index in [1.807, 2.05) is 6.92 Å². The molecule has 0 aliphatic carbocycles. The highest BCUT2D eigenvalue weighted by Crippen LogP contribution is 2.12. The molecule has 1 aromatic carbocycles. The van der Waals surface area contributed by atoms with Crippen molar-refractivity contribution in [1.29, 1.82) is 5.41 Å². The van der Waals surface area contributed by atoms with Gasteiger partial charge in [0.2, 0.25) is 0 Å². The molecule has 0 heterocycles. The molecule has 0 saturated heterocycles. The minimum absolute atomic E-state index is 0.321. The normalized spacial score (nSPS) is 10.0. The average molecular weight is 180 g/mol. The molecule has 0 aliphatic rings. The van der Waals surface area contributed by atoms with E-state index >= 15 is 0 Å². The van der Waals surface area contributed by atoms with E-state index in [4.69, 9.17) is 11.1 Å².